The molecule has 0 unspecified atom stereocenters. The van der Waals surface area contributed by atoms with Gasteiger partial charge < -0.3 is 10.8 Å². The van der Waals surface area contributed by atoms with Gasteiger partial charge >= 0.3 is 5.97 Å². The molecule has 0 rings (SSSR count). The van der Waals surface area contributed by atoms with E-state index in [4.69, 9.17) is 10.8 Å². The molecular formula is C8H18N2O4S. The van der Waals surface area contributed by atoms with Crippen LogP contribution in [-0.4, -0.2) is 37.3 Å². The van der Waals surface area contributed by atoms with E-state index in [0.29, 0.717) is 0 Å². The van der Waals surface area contributed by atoms with Gasteiger partial charge in [-0.1, -0.05) is 0 Å². The molecule has 4 N–H and O–H groups in total. The van der Waals surface area contributed by atoms with Gasteiger partial charge in [0, 0.05) is 18.5 Å². The molecule has 0 aliphatic heterocycles. The lowest BCUT2D eigenvalue weighted by atomic mass is 10.1. The number of hydrogen-bond acceptors (Lipinski definition) is 4. The summed E-state index contributed by atoms with van der Waals surface area (Å²) in [5.74, 6) is -1.18. The molecule has 0 saturated carbocycles. The highest BCUT2D eigenvalue weighted by molar-refractivity contribution is 7.89. The van der Waals surface area contributed by atoms with E-state index in [1.54, 1.807) is 13.8 Å². The maximum Gasteiger partial charge on any atom is 0.303 e. The molecule has 0 aromatic carbocycles. The first kappa shape index (κ1) is 14.3. The third-order valence-corrected chi connectivity index (χ3v) is 2.96. The predicted octanol–water partition coefficient (Wildman–Crippen LogP) is -0.492. The molecule has 90 valence electrons. The Balaban J connectivity index is 3.94. The lowest BCUT2D eigenvalue weighted by molar-refractivity contribution is -0.137. The van der Waals surface area contributed by atoms with Crippen molar-refractivity contribution in [1.82, 2.24) is 4.72 Å². The van der Waals surface area contributed by atoms with Crippen LogP contribution in [-0.2, 0) is 14.8 Å². The number of sulfonamides is 1. The van der Waals surface area contributed by atoms with Crippen LogP contribution >= 0.6 is 0 Å². The monoisotopic (exact) mass is 238 g/mol. The van der Waals surface area contributed by atoms with Gasteiger partial charge in [-0.3, -0.25) is 4.79 Å². The quantitative estimate of drug-likeness (QED) is 0.554. The molecule has 0 amide bonds. The summed E-state index contributed by atoms with van der Waals surface area (Å²) in [5.41, 5.74) is 4.99. The number of nitrogens with one attached hydrogen (secondary N) is 1. The van der Waals surface area contributed by atoms with E-state index >= 15 is 0 Å². The van der Waals surface area contributed by atoms with Gasteiger partial charge in [0.25, 0.3) is 0 Å². The van der Waals surface area contributed by atoms with Crippen LogP contribution in [0.25, 0.3) is 0 Å². The Bertz CT molecular complexity index is 305. The third kappa shape index (κ3) is 9.64. The molecule has 0 aliphatic rings. The molecule has 6 nitrogen and oxygen atoms in total. The third-order valence-electron chi connectivity index (χ3n) is 1.55. The van der Waals surface area contributed by atoms with Crippen molar-refractivity contribution in [2.75, 3.05) is 12.3 Å². The van der Waals surface area contributed by atoms with Crippen LogP contribution in [0, 0.1) is 0 Å². The van der Waals surface area contributed by atoms with Crippen LogP contribution in [0.3, 0.4) is 0 Å². The zero-order valence-corrected chi connectivity index (χ0v) is 9.80. The smallest absolute Gasteiger partial charge is 0.303 e. The minimum absolute atomic E-state index is 0.107. The summed E-state index contributed by atoms with van der Waals surface area (Å²) in [6, 6.07) is 0. The topological polar surface area (TPSA) is 109 Å². The molecule has 0 heterocycles. The van der Waals surface area contributed by atoms with Crippen molar-refractivity contribution in [1.29, 1.82) is 0 Å². The molecule has 0 fully saturated rings. The van der Waals surface area contributed by atoms with E-state index in [2.05, 4.69) is 4.72 Å². The molecule has 0 spiro atoms. The van der Waals surface area contributed by atoms with Crippen molar-refractivity contribution in [3.8, 4) is 0 Å². The Morgan fingerprint density at radius 1 is 1.47 bits per heavy atom. The zero-order valence-electron chi connectivity index (χ0n) is 8.99. The van der Waals surface area contributed by atoms with Crippen molar-refractivity contribution in [2.24, 2.45) is 5.73 Å². The van der Waals surface area contributed by atoms with E-state index < -0.39 is 21.5 Å². The van der Waals surface area contributed by atoms with Crippen LogP contribution in [0.5, 0.6) is 0 Å². The number of hydrogen-bond donors (Lipinski definition) is 3. The normalized spacial score (nSPS) is 12.7. The van der Waals surface area contributed by atoms with Crippen molar-refractivity contribution in [3.63, 3.8) is 0 Å². The lowest BCUT2D eigenvalue weighted by Gasteiger charge is -2.18. The minimum atomic E-state index is -3.40. The van der Waals surface area contributed by atoms with Crippen LogP contribution in [0.2, 0.25) is 0 Å². The van der Waals surface area contributed by atoms with Gasteiger partial charge in [0.2, 0.25) is 10.0 Å². The molecule has 0 radical (unpaired) electrons. The first-order chi connectivity index (χ1) is 6.62. The van der Waals surface area contributed by atoms with Gasteiger partial charge in [0.1, 0.15) is 0 Å². The first-order valence-electron chi connectivity index (χ1n) is 4.60. The average molecular weight is 238 g/mol. The van der Waals surface area contributed by atoms with Crippen molar-refractivity contribution in [3.05, 3.63) is 0 Å². The summed E-state index contributed by atoms with van der Waals surface area (Å²) in [6.07, 6.45) is -0.0391. The Kier molecular flexibility index (Phi) is 5.19. The lowest BCUT2D eigenvalue weighted by Crippen LogP contribution is -2.45. The molecule has 0 saturated heterocycles. The van der Waals surface area contributed by atoms with Crippen molar-refractivity contribution < 1.29 is 18.3 Å². The zero-order chi connectivity index (χ0) is 12.1. The fourth-order valence-electron chi connectivity index (χ4n) is 0.782. The fourth-order valence-corrected chi connectivity index (χ4v) is 2.04. The second-order valence-electron chi connectivity index (χ2n) is 4.13. The maximum atomic E-state index is 11.3. The van der Waals surface area contributed by atoms with Gasteiger partial charge in [0.05, 0.1) is 5.75 Å². The standard InChI is InChI=1S/C8H18N2O4S/c1-8(2,9)6-10-15(13,14)5-3-4-7(11)12/h10H,3-6,9H2,1-2H3,(H,11,12). The first-order valence-corrected chi connectivity index (χ1v) is 6.26. The summed E-state index contributed by atoms with van der Waals surface area (Å²) in [4.78, 5) is 10.2. The maximum absolute atomic E-state index is 11.3. The highest BCUT2D eigenvalue weighted by atomic mass is 32.2. The van der Waals surface area contributed by atoms with Gasteiger partial charge in [-0.25, -0.2) is 13.1 Å². The number of aliphatic carboxylic acids is 1. The molecule has 0 bridgehead atoms. The molecule has 0 aliphatic carbocycles. The number of carboxylic acid groups (broad SMARTS) is 1. The molecule has 0 aromatic rings. The molecular weight excluding hydrogens is 220 g/mol. The molecule has 0 atom stereocenters. The second kappa shape index (κ2) is 5.43. The van der Waals surface area contributed by atoms with E-state index in [-0.39, 0.29) is 25.1 Å². The minimum Gasteiger partial charge on any atom is -0.481 e. The van der Waals surface area contributed by atoms with Crippen LogP contribution < -0.4 is 10.5 Å². The fraction of sp³-hybridized carbons (Fsp3) is 0.875. The Morgan fingerprint density at radius 3 is 2.40 bits per heavy atom. The van der Waals surface area contributed by atoms with Crippen LogP contribution in [0.15, 0.2) is 0 Å². The number of carbonyl (C=O) groups is 1. The van der Waals surface area contributed by atoms with E-state index in [9.17, 15) is 13.2 Å². The van der Waals surface area contributed by atoms with Gasteiger partial charge in [-0.05, 0) is 20.3 Å². The second-order valence-corrected chi connectivity index (χ2v) is 6.05. The number of carboxylic acids is 1. The van der Waals surface area contributed by atoms with Crippen LogP contribution in [0.4, 0.5) is 0 Å². The van der Waals surface area contributed by atoms with E-state index in [0.717, 1.165) is 0 Å². The van der Waals surface area contributed by atoms with E-state index in [1.165, 1.54) is 0 Å². The highest BCUT2D eigenvalue weighted by Crippen LogP contribution is 1.98. The Hall–Kier alpha value is -0.660. The predicted molar refractivity (Wildman–Crippen MR) is 56.9 cm³/mol. The summed E-state index contributed by atoms with van der Waals surface area (Å²) >= 11 is 0. The van der Waals surface area contributed by atoms with Gasteiger partial charge in [0.15, 0.2) is 0 Å². The molecule has 7 heteroatoms. The Labute approximate surface area is 89.9 Å². The molecule has 15 heavy (non-hydrogen) atoms. The molecule has 0 aromatic heterocycles. The Morgan fingerprint density at radius 2 is 2.00 bits per heavy atom. The number of nitrogens with two attached hydrogens (primary N) is 1. The van der Waals surface area contributed by atoms with Crippen LogP contribution in [0.1, 0.15) is 26.7 Å². The summed E-state index contributed by atoms with van der Waals surface area (Å²) in [5, 5.41) is 8.33. The SMILES string of the molecule is CC(C)(N)CNS(=O)(=O)CCCC(=O)O. The van der Waals surface area contributed by atoms with Gasteiger partial charge in [-0.2, -0.15) is 0 Å². The van der Waals surface area contributed by atoms with Crippen molar-refractivity contribution >= 4 is 16.0 Å². The summed E-state index contributed by atoms with van der Waals surface area (Å²) in [6.45, 7) is 3.54. The van der Waals surface area contributed by atoms with Gasteiger partial charge in [-0.15, -0.1) is 0 Å². The largest absolute Gasteiger partial charge is 0.481 e. The van der Waals surface area contributed by atoms with E-state index in [1.807, 2.05) is 0 Å². The average Bonchev–Trinajstić information content (AvgIpc) is 1.99. The highest BCUT2D eigenvalue weighted by Gasteiger charge is 2.16. The summed E-state index contributed by atoms with van der Waals surface area (Å²) in [7, 11) is -3.40. The summed E-state index contributed by atoms with van der Waals surface area (Å²) < 4.78 is 24.9. The number of rotatable bonds is 7. The van der Waals surface area contributed by atoms with Crippen molar-refractivity contribution in [2.45, 2.75) is 32.2 Å².